The molecule has 4 rings (SSSR count). The molecule has 2 aliphatic heterocycles. The van der Waals surface area contributed by atoms with Crippen LogP contribution < -0.4 is 11.1 Å². The SMILES string of the molecule is CCN1NC(C)CC1C(=O)N1CCC(n2c(=O)[nH]c3ccccc32)CC1. The molecular formula is C19H27N5O2. The van der Waals surface area contributed by atoms with E-state index in [0.717, 1.165) is 36.8 Å². The van der Waals surface area contributed by atoms with Crippen molar-refractivity contribution in [2.75, 3.05) is 19.6 Å². The quantitative estimate of drug-likeness (QED) is 0.873. The second-order valence-electron chi connectivity index (χ2n) is 7.44. The number of aromatic nitrogens is 2. The van der Waals surface area contributed by atoms with Crippen LogP contribution in [0.5, 0.6) is 0 Å². The third-order valence-electron chi connectivity index (χ3n) is 5.73. The number of hydrazine groups is 1. The fraction of sp³-hybridized carbons (Fsp3) is 0.579. The van der Waals surface area contributed by atoms with Crippen molar-refractivity contribution in [3.8, 4) is 0 Å². The fourth-order valence-corrected chi connectivity index (χ4v) is 4.43. The van der Waals surface area contributed by atoms with Crippen LogP contribution in [-0.2, 0) is 4.79 Å². The number of likely N-dealkylation sites (N-methyl/N-ethyl adjacent to an activating group) is 1. The van der Waals surface area contributed by atoms with Gasteiger partial charge in [-0.3, -0.25) is 14.8 Å². The van der Waals surface area contributed by atoms with E-state index >= 15 is 0 Å². The molecule has 140 valence electrons. The minimum Gasteiger partial charge on any atom is -0.341 e. The number of aromatic amines is 1. The number of hydrogen-bond acceptors (Lipinski definition) is 4. The van der Waals surface area contributed by atoms with E-state index in [1.165, 1.54) is 0 Å². The average molecular weight is 357 g/mol. The number of piperidine rings is 1. The first-order valence-electron chi connectivity index (χ1n) is 9.59. The number of para-hydroxylation sites is 2. The van der Waals surface area contributed by atoms with Crippen molar-refractivity contribution >= 4 is 16.9 Å². The summed E-state index contributed by atoms with van der Waals surface area (Å²) in [5, 5.41) is 2.06. The molecule has 2 unspecified atom stereocenters. The van der Waals surface area contributed by atoms with Crippen LogP contribution in [0.3, 0.4) is 0 Å². The molecule has 0 aliphatic carbocycles. The van der Waals surface area contributed by atoms with Gasteiger partial charge in [-0.05, 0) is 38.3 Å². The summed E-state index contributed by atoms with van der Waals surface area (Å²) in [5.41, 5.74) is 5.14. The summed E-state index contributed by atoms with van der Waals surface area (Å²) >= 11 is 0. The molecule has 1 aromatic carbocycles. The normalized spacial score (nSPS) is 25.2. The van der Waals surface area contributed by atoms with Crippen LogP contribution in [0.4, 0.5) is 0 Å². The third-order valence-corrected chi connectivity index (χ3v) is 5.73. The number of imidazole rings is 1. The largest absolute Gasteiger partial charge is 0.341 e. The van der Waals surface area contributed by atoms with Crippen molar-refractivity contribution < 1.29 is 4.79 Å². The maximum Gasteiger partial charge on any atom is 0.326 e. The Morgan fingerprint density at radius 3 is 2.69 bits per heavy atom. The van der Waals surface area contributed by atoms with Gasteiger partial charge in [-0.25, -0.2) is 9.80 Å². The summed E-state index contributed by atoms with van der Waals surface area (Å²) in [4.78, 5) is 30.3. The maximum atomic E-state index is 13.0. The highest BCUT2D eigenvalue weighted by Gasteiger charge is 2.37. The molecule has 2 saturated heterocycles. The Bertz CT molecular complexity index is 849. The lowest BCUT2D eigenvalue weighted by atomic mass is 10.0. The lowest BCUT2D eigenvalue weighted by Gasteiger charge is -2.35. The van der Waals surface area contributed by atoms with Crippen molar-refractivity contribution in [3.05, 3.63) is 34.7 Å². The van der Waals surface area contributed by atoms with Crippen LogP contribution in [0.2, 0.25) is 0 Å². The molecule has 0 spiro atoms. The number of H-pyrrole nitrogens is 1. The highest BCUT2D eigenvalue weighted by atomic mass is 16.2. The van der Waals surface area contributed by atoms with Crippen molar-refractivity contribution in [2.45, 2.75) is 51.2 Å². The molecule has 2 atom stereocenters. The zero-order chi connectivity index (χ0) is 18.3. The van der Waals surface area contributed by atoms with Gasteiger partial charge in [-0.15, -0.1) is 0 Å². The highest BCUT2D eigenvalue weighted by molar-refractivity contribution is 5.82. The van der Waals surface area contributed by atoms with E-state index in [1.54, 1.807) is 0 Å². The van der Waals surface area contributed by atoms with Gasteiger partial charge in [0.1, 0.15) is 6.04 Å². The molecule has 2 fully saturated rings. The van der Waals surface area contributed by atoms with Crippen LogP contribution in [-0.4, -0.2) is 57.1 Å². The van der Waals surface area contributed by atoms with Crippen molar-refractivity contribution in [1.82, 2.24) is 24.9 Å². The molecule has 0 bridgehead atoms. The molecule has 2 N–H and O–H groups in total. The number of carbonyl (C=O) groups is 1. The molecule has 0 saturated carbocycles. The van der Waals surface area contributed by atoms with E-state index in [1.807, 2.05) is 33.7 Å². The molecule has 3 heterocycles. The molecule has 1 aromatic heterocycles. The Hall–Kier alpha value is -2.12. The Labute approximate surface area is 152 Å². The summed E-state index contributed by atoms with van der Waals surface area (Å²) in [6.07, 6.45) is 2.49. The first kappa shape index (κ1) is 17.3. The number of nitrogens with zero attached hydrogens (tertiary/aromatic N) is 3. The predicted molar refractivity (Wildman–Crippen MR) is 101 cm³/mol. The van der Waals surface area contributed by atoms with Gasteiger partial charge < -0.3 is 9.88 Å². The second kappa shape index (κ2) is 6.89. The van der Waals surface area contributed by atoms with Crippen molar-refractivity contribution in [1.29, 1.82) is 0 Å². The second-order valence-corrected chi connectivity index (χ2v) is 7.44. The minimum atomic E-state index is -0.0673. The molecule has 26 heavy (non-hydrogen) atoms. The van der Waals surface area contributed by atoms with E-state index < -0.39 is 0 Å². The molecule has 0 radical (unpaired) electrons. The fourth-order valence-electron chi connectivity index (χ4n) is 4.43. The molecule has 7 heteroatoms. The Morgan fingerprint density at radius 2 is 1.96 bits per heavy atom. The van der Waals surface area contributed by atoms with E-state index in [4.69, 9.17) is 0 Å². The number of rotatable bonds is 3. The molecule has 2 aliphatic rings. The van der Waals surface area contributed by atoms with Crippen LogP contribution in [0.1, 0.15) is 39.2 Å². The van der Waals surface area contributed by atoms with E-state index in [-0.39, 0.29) is 23.7 Å². The summed E-state index contributed by atoms with van der Waals surface area (Å²) in [5.74, 6) is 0.216. The highest BCUT2D eigenvalue weighted by Crippen LogP contribution is 2.26. The third kappa shape index (κ3) is 2.95. The Morgan fingerprint density at radius 1 is 1.23 bits per heavy atom. The lowest BCUT2D eigenvalue weighted by Crippen LogP contribution is -2.50. The monoisotopic (exact) mass is 357 g/mol. The predicted octanol–water partition coefficient (Wildman–Crippen LogP) is 1.48. The zero-order valence-electron chi connectivity index (χ0n) is 15.4. The number of carbonyl (C=O) groups excluding carboxylic acids is 1. The summed E-state index contributed by atoms with van der Waals surface area (Å²) in [7, 11) is 0. The Kier molecular flexibility index (Phi) is 4.58. The molecule has 1 amide bonds. The minimum absolute atomic E-state index is 0.0537. The average Bonchev–Trinajstić information content (AvgIpc) is 3.20. The lowest BCUT2D eigenvalue weighted by molar-refractivity contribution is -0.137. The first-order valence-corrected chi connectivity index (χ1v) is 9.59. The van der Waals surface area contributed by atoms with Gasteiger partial charge in [-0.1, -0.05) is 19.1 Å². The van der Waals surface area contributed by atoms with Crippen molar-refractivity contribution in [3.63, 3.8) is 0 Å². The van der Waals surface area contributed by atoms with Gasteiger partial charge in [0, 0.05) is 31.7 Å². The molecule has 2 aromatic rings. The summed E-state index contributed by atoms with van der Waals surface area (Å²) in [6.45, 7) is 6.42. The van der Waals surface area contributed by atoms with Gasteiger partial charge in [-0.2, -0.15) is 0 Å². The smallest absolute Gasteiger partial charge is 0.326 e. The van der Waals surface area contributed by atoms with E-state index in [9.17, 15) is 9.59 Å². The van der Waals surface area contributed by atoms with Crippen LogP contribution in [0, 0.1) is 0 Å². The standard InChI is InChI=1S/C19H27N5O2/c1-3-23-17(12-13(2)21-23)18(25)22-10-8-14(9-11-22)24-16-7-5-4-6-15(16)20-19(24)26/h4-7,13-14,17,21H,3,8-12H2,1-2H3,(H,20,26). The zero-order valence-corrected chi connectivity index (χ0v) is 15.4. The number of amides is 1. The van der Waals surface area contributed by atoms with Crippen molar-refractivity contribution in [2.24, 2.45) is 0 Å². The summed E-state index contributed by atoms with van der Waals surface area (Å²) < 4.78 is 1.87. The van der Waals surface area contributed by atoms with Gasteiger partial charge in [0.15, 0.2) is 0 Å². The van der Waals surface area contributed by atoms with Crippen LogP contribution in [0.25, 0.3) is 11.0 Å². The number of likely N-dealkylation sites (tertiary alicyclic amines) is 1. The maximum absolute atomic E-state index is 13.0. The van der Waals surface area contributed by atoms with Crippen LogP contribution in [0.15, 0.2) is 29.1 Å². The first-order chi connectivity index (χ1) is 12.6. The molecular weight excluding hydrogens is 330 g/mol. The number of nitrogens with one attached hydrogen (secondary N) is 2. The van der Waals surface area contributed by atoms with Gasteiger partial charge in [0.25, 0.3) is 0 Å². The van der Waals surface area contributed by atoms with E-state index in [0.29, 0.717) is 19.1 Å². The summed E-state index contributed by atoms with van der Waals surface area (Å²) in [6, 6.07) is 8.21. The topological polar surface area (TPSA) is 73.4 Å². The van der Waals surface area contributed by atoms with Gasteiger partial charge >= 0.3 is 5.69 Å². The number of benzene rings is 1. The van der Waals surface area contributed by atoms with Gasteiger partial charge in [0.05, 0.1) is 11.0 Å². The number of fused-ring (bicyclic) bond motifs is 1. The van der Waals surface area contributed by atoms with Gasteiger partial charge in [0.2, 0.25) is 5.91 Å². The van der Waals surface area contributed by atoms with E-state index in [2.05, 4.69) is 29.3 Å². The van der Waals surface area contributed by atoms with Crippen LogP contribution >= 0.6 is 0 Å². The number of hydrogen-bond donors (Lipinski definition) is 2. The molecule has 7 nitrogen and oxygen atoms in total. The Balaban J connectivity index is 1.46.